The van der Waals surface area contributed by atoms with Crippen molar-refractivity contribution in [2.75, 3.05) is 6.61 Å². The molecule has 2 N–H and O–H groups in total. The van der Waals surface area contributed by atoms with E-state index in [9.17, 15) is 14.4 Å². The molecule has 0 saturated carbocycles. The number of aromatic amines is 2. The van der Waals surface area contributed by atoms with Crippen LogP contribution in [0.3, 0.4) is 0 Å². The van der Waals surface area contributed by atoms with Crippen molar-refractivity contribution in [2.24, 2.45) is 5.92 Å². The number of ketones is 3. The number of carbonyl (C=O) groups excluding carboxylic acids is 3. The number of benzene rings is 3. The van der Waals surface area contributed by atoms with E-state index in [4.69, 9.17) is 21.7 Å². The van der Waals surface area contributed by atoms with Gasteiger partial charge in [0.25, 0.3) is 0 Å². The maximum atomic E-state index is 12.6. The average molecular weight is 693 g/mol. The summed E-state index contributed by atoms with van der Waals surface area (Å²) >= 11 is 5.02. The highest BCUT2D eigenvalue weighted by Crippen LogP contribution is 2.30. The van der Waals surface area contributed by atoms with Crippen LogP contribution in [-0.2, 0) is 41.8 Å². The number of hydrogen-bond donors (Lipinski definition) is 2. The van der Waals surface area contributed by atoms with E-state index in [1.807, 2.05) is 56.4 Å². The zero-order chi connectivity index (χ0) is 35.0. The number of aryl methyl sites for hydroxylation is 5. The van der Waals surface area contributed by atoms with E-state index in [0.717, 1.165) is 116 Å². The second-order valence-corrected chi connectivity index (χ2v) is 14.3. The first kappa shape index (κ1) is 35.8. The molecular formula is C42H48N2O5S. The highest BCUT2D eigenvalue weighted by atomic mass is 32.1. The van der Waals surface area contributed by atoms with Crippen LogP contribution in [0.2, 0.25) is 0 Å². The second-order valence-electron chi connectivity index (χ2n) is 13.9. The lowest BCUT2D eigenvalue weighted by molar-refractivity contribution is -0.169. The SMILES string of the molecule is Cc1cccc2c1C(=O)C(Cc1c[nH]c(=S)[nH]1)CC2.Cc1cccc2c1C(=O)CCC2.O=C1CCCc2cccc(COC3CCCCO3)c21. The summed E-state index contributed by atoms with van der Waals surface area (Å²) in [6.45, 7) is 5.31. The predicted molar refractivity (Wildman–Crippen MR) is 198 cm³/mol. The lowest BCUT2D eigenvalue weighted by Gasteiger charge is -2.24. The van der Waals surface area contributed by atoms with Crippen LogP contribution in [0.4, 0.5) is 0 Å². The Morgan fingerprint density at radius 1 is 0.740 bits per heavy atom. The Hall–Kier alpha value is -3.98. The van der Waals surface area contributed by atoms with E-state index in [1.54, 1.807) is 0 Å². The molecule has 8 heteroatoms. The molecule has 3 aromatic carbocycles. The average Bonchev–Trinajstić information content (AvgIpc) is 3.54. The molecule has 1 saturated heterocycles. The normalized spacial score (nSPS) is 19.6. The van der Waals surface area contributed by atoms with Crippen molar-refractivity contribution < 1.29 is 23.9 Å². The first-order valence-corrected chi connectivity index (χ1v) is 18.6. The first-order chi connectivity index (χ1) is 24.3. The predicted octanol–water partition coefficient (Wildman–Crippen LogP) is 9.13. The molecule has 0 amide bonds. The van der Waals surface area contributed by atoms with Crippen LogP contribution in [-0.4, -0.2) is 40.2 Å². The van der Waals surface area contributed by atoms with Crippen molar-refractivity contribution in [2.45, 2.75) is 104 Å². The standard InChI is InChI=1S/C16H20O3.C15H16N2OS.C11H12O/c17-14-8-4-6-12-5-3-7-13(16(12)14)11-19-15-9-1-2-10-18-15;1-9-3-2-4-10-5-6-11(14(18)13(9)10)7-12-8-16-15(19)17-12;1-8-4-2-5-9-6-3-7-10(12)11(8)9/h3,5,7,15H,1-2,4,6,8-11H2;2-4,8,11H,5-7H2,1H3,(H2,16,17,19);2,4-5H,3,6-7H2,1H3. The summed E-state index contributed by atoms with van der Waals surface area (Å²) in [4.78, 5) is 42.2. The summed E-state index contributed by atoms with van der Waals surface area (Å²) in [7, 11) is 0. The van der Waals surface area contributed by atoms with Crippen molar-refractivity contribution in [3.63, 3.8) is 0 Å². The van der Waals surface area contributed by atoms with Gasteiger partial charge in [-0.1, -0.05) is 54.6 Å². The number of H-pyrrole nitrogens is 2. The molecule has 2 heterocycles. The Morgan fingerprint density at radius 2 is 1.38 bits per heavy atom. The molecule has 1 aliphatic heterocycles. The van der Waals surface area contributed by atoms with Crippen LogP contribution in [0, 0.1) is 24.5 Å². The highest BCUT2D eigenvalue weighted by molar-refractivity contribution is 7.71. The van der Waals surface area contributed by atoms with E-state index in [2.05, 4.69) is 28.2 Å². The molecule has 50 heavy (non-hydrogen) atoms. The van der Waals surface area contributed by atoms with Crippen LogP contribution in [0.15, 0.2) is 60.8 Å². The summed E-state index contributed by atoms with van der Waals surface area (Å²) in [5.41, 5.74) is 10.7. The fraction of sp³-hybridized carbons (Fsp3) is 0.429. The number of nitrogens with one attached hydrogen (secondary N) is 2. The van der Waals surface area contributed by atoms with Crippen molar-refractivity contribution in [3.05, 3.63) is 121 Å². The van der Waals surface area contributed by atoms with Gasteiger partial charge in [0.05, 0.1) is 6.61 Å². The van der Waals surface area contributed by atoms with Crippen molar-refractivity contribution in [3.8, 4) is 0 Å². The Labute approximate surface area is 300 Å². The quantitative estimate of drug-likeness (QED) is 0.202. The van der Waals surface area contributed by atoms with Crippen LogP contribution in [0.1, 0.15) is 122 Å². The number of hydrogen-bond acceptors (Lipinski definition) is 6. The number of carbonyl (C=O) groups is 3. The van der Waals surface area contributed by atoms with Gasteiger partial charge in [0, 0.05) is 53.9 Å². The maximum Gasteiger partial charge on any atom is 0.174 e. The van der Waals surface area contributed by atoms with Crippen LogP contribution in [0.5, 0.6) is 0 Å². The van der Waals surface area contributed by atoms with Gasteiger partial charge in [-0.3, -0.25) is 14.4 Å². The lowest BCUT2D eigenvalue weighted by Crippen LogP contribution is -2.25. The van der Waals surface area contributed by atoms with Gasteiger partial charge >= 0.3 is 0 Å². The molecule has 8 rings (SSSR count). The largest absolute Gasteiger partial charge is 0.353 e. The van der Waals surface area contributed by atoms with Crippen molar-refractivity contribution >= 4 is 29.6 Å². The number of imidazole rings is 1. The van der Waals surface area contributed by atoms with Gasteiger partial charge in [0.1, 0.15) is 0 Å². The summed E-state index contributed by atoms with van der Waals surface area (Å²) in [6.07, 6.45) is 13.1. The number of ether oxygens (including phenoxy) is 2. The van der Waals surface area contributed by atoms with E-state index < -0.39 is 0 Å². The summed E-state index contributed by atoms with van der Waals surface area (Å²) in [5.74, 6) is 0.939. The zero-order valence-electron chi connectivity index (χ0n) is 29.3. The van der Waals surface area contributed by atoms with Gasteiger partial charge in [-0.2, -0.15) is 0 Å². The minimum Gasteiger partial charge on any atom is -0.353 e. The molecule has 7 nitrogen and oxygen atoms in total. The van der Waals surface area contributed by atoms with E-state index >= 15 is 0 Å². The van der Waals surface area contributed by atoms with Crippen LogP contribution < -0.4 is 0 Å². The molecule has 0 bridgehead atoms. The second kappa shape index (κ2) is 16.8. The van der Waals surface area contributed by atoms with E-state index in [1.165, 1.54) is 16.7 Å². The van der Waals surface area contributed by atoms with E-state index in [0.29, 0.717) is 23.6 Å². The molecule has 2 atom stereocenters. The third-order valence-corrected chi connectivity index (χ3v) is 10.5. The Morgan fingerprint density at radius 3 is 2.02 bits per heavy atom. The monoisotopic (exact) mass is 692 g/mol. The third kappa shape index (κ3) is 8.66. The third-order valence-electron chi connectivity index (χ3n) is 10.3. The molecule has 262 valence electrons. The first-order valence-electron chi connectivity index (χ1n) is 18.2. The van der Waals surface area contributed by atoms with Crippen molar-refractivity contribution in [1.82, 2.24) is 9.97 Å². The zero-order valence-corrected chi connectivity index (χ0v) is 30.1. The number of fused-ring (bicyclic) bond motifs is 3. The lowest BCUT2D eigenvalue weighted by atomic mass is 9.79. The molecule has 1 fully saturated rings. The Balaban J connectivity index is 0.000000133. The summed E-state index contributed by atoms with van der Waals surface area (Å²) < 4.78 is 12.0. The van der Waals surface area contributed by atoms with Gasteiger partial charge < -0.3 is 19.4 Å². The Bertz CT molecular complexity index is 1900. The minimum absolute atomic E-state index is 0.0649. The van der Waals surface area contributed by atoms with Gasteiger partial charge in [-0.15, -0.1) is 0 Å². The molecule has 1 aromatic heterocycles. The maximum absolute atomic E-state index is 12.6. The van der Waals surface area contributed by atoms with Gasteiger partial charge in [0.15, 0.2) is 28.4 Å². The van der Waals surface area contributed by atoms with Gasteiger partial charge in [-0.05, 0) is 124 Å². The summed E-state index contributed by atoms with van der Waals surface area (Å²) in [6, 6.07) is 18.3. The molecule has 0 spiro atoms. The highest BCUT2D eigenvalue weighted by Gasteiger charge is 2.29. The number of aromatic nitrogens is 2. The minimum atomic E-state index is -0.0942. The number of Topliss-reactive ketones (excluding diaryl/α,β-unsaturated/α-hetero) is 3. The molecule has 3 aliphatic carbocycles. The van der Waals surface area contributed by atoms with Crippen molar-refractivity contribution in [1.29, 1.82) is 0 Å². The smallest absolute Gasteiger partial charge is 0.174 e. The topological polar surface area (TPSA) is 101 Å². The number of rotatable bonds is 5. The molecule has 0 radical (unpaired) electrons. The molecule has 4 aromatic rings. The molecule has 2 unspecified atom stereocenters. The van der Waals surface area contributed by atoms with Gasteiger partial charge in [0.2, 0.25) is 0 Å². The van der Waals surface area contributed by atoms with Crippen LogP contribution >= 0.6 is 12.2 Å². The Kier molecular flexibility index (Phi) is 12.1. The van der Waals surface area contributed by atoms with Crippen LogP contribution in [0.25, 0.3) is 0 Å². The summed E-state index contributed by atoms with van der Waals surface area (Å²) in [5, 5.41) is 0. The molecular weight excluding hydrogens is 645 g/mol. The van der Waals surface area contributed by atoms with E-state index in [-0.39, 0.29) is 23.8 Å². The van der Waals surface area contributed by atoms with Gasteiger partial charge in [-0.25, -0.2) is 0 Å². The molecule has 4 aliphatic rings. The fourth-order valence-corrected chi connectivity index (χ4v) is 7.92. The fourth-order valence-electron chi connectivity index (χ4n) is 7.73.